The van der Waals surface area contributed by atoms with Crippen LogP contribution in [0.15, 0.2) is 40.0 Å². The van der Waals surface area contributed by atoms with Crippen LogP contribution in [0.2, 0.25) is 0 Å². The van der Waals surface area contributed by atoms with Crippen LogP contribution in [0.25, 0.3) is 0 Å². The van der Waals surface area contributed by atoms with E-state index in [1.54, 1.807) is 19.1 Å². The molecule has 0 aromatic heterocycles. The van der Waals surface area contributed by atoms with Gasteiger partial charge >= 0.3 is 5.97 Å². The second-order valence-electron chi connectivity index (χ2n) is 4.01. The van der Waals surface area contributed by atoms with E-state index in [2.05, 4.69) is 4.74 Å². The molecule has 0 N–H and O–H groups in total. The molecular formula is C12H14O6S2. The highest BCUT2D eigenvalue weighted by molar-refractivity contribution is 7.98. The van der Waals surface area contributed by atoms with Gasteiger partial charge in [-0.05, 0) is 19.1 Å². The van der Waals surface area contributed by atoms with E-state index in [9.17, 15) is 21.6 Å². The smallest absolute Gasteiger partial charge is 0.321 e. The van der Waals surface area contributed by atoms with Crippen molar-refractivity contribution in [1.82, 2.24) is 0 Å². The van der Waals surface area contributed by atoms with E-state index in [-0.39, 0.29) is 4.90 Å². The number of sulfone groups is 2. The largest absolute Gasteiger partial charge is 0.468 e. The number of carbonyl (C=O) groups excluding carboxylic acids is 1. The van der Waals surface area contributed by atoms with Crippen molar-refractivity contribution in [1.29, 1.82) is 0 Å². The molecular weight excluding hydrogens is 304 g/mol. The molecule has 0 aliphatic carbocycles. The van der Waals surface area contributed by atoms with Crippen LogP contribution in [0.1, 0.15) is 5.56 Å². The fraction of sp³-hybridized carbons (Fsp3) is 0.250. The SMILES string of the molecule is COC(=O)CS(=O)(=O)/C=C/S(=O)(=O)c1ccc(C)cc1. The van der Waals surface area contributed by atoms with Crippen molar-refractivity contribution >= 4 is 25.6 Å². The Kier molecular flexibility index (Phi) is 5.07. The van der Waals surface area contributed by atoms with Crippen molar-refractivity contribution in [2.45, 2.75) is 11.8 Å². The summed E-state index contributed by atoms with van der Waals surface area (Å²) in [7, 11) is -6.79. The molecule has 0 fully saturated rings. The Morgan fingerprint density at radius 3 is 2.15 bits per heavy atom. The number of esters is 1. The molecule has 1 aromatic rings. The van der Waals surface area contributed by atoms with Gasteiger partial charge in [0.15, 0.2) is 15.6 Å². The van der Waals surface area contributed by atoms with Crippen molar-refractivity contribution in [2.24, 2.45) is 0 Å². The third kappa shape index (κ3) is 4.78. The lowest BCUT2D eigenvalue weighted by atomic mass is 10.2. The van der Waals surface area contributed by atoms with Gasteiger partial charge in [-0.1, -0.05) is 17.7 Å². The van der Waals surface area contributed by atoms with Gasteiger partial charge in [-0.2, -0.15) is 0 Å². The summed E-state index contributed by atoms with van der Waals surface area (Å²) in [6, 6.07) is 5.96. The van der Waals surface area contributed by atoms with E-state index >= 15 is 0 Å². The quantitative estimate of drug-likeness (QED) is 0.746. The minimum atomic E-state index is -3.98. The second-order valence-corrected chi connectivity index (χ2v) is 7.73. The summed E-state index contributed by atoms with van der Waals surface area (Å²) in [4.78, 5) is 10.9. The number of hydrogen-bond acceptors (Lipinski definition) is 6. The van der Waals surface area contributed by atoms with E-state index in [1.807, 2.05) is 0 Å². The third-order valence-corrected chi connectivity index (χ3v) is 5.12. The molecule has 1 rings (SSSR count). The molecule has 0 spiro atoms. The summed E-state index contributed by atoms with van der Waals surface area (Å²) in [6.07, 6.45) is 0. The third-order valence-electron chi connectivity index (χ3n) is 2.34. The van der Waals surface area contributed by atoms with Gasteiger partial charge in [-0.25, -0.2) is 16.8 Å². The van der Waals surface area contributed by atoms with Crippen molar-refractivity contribution in [3.8, 4) is 0 Å². The molecule has 0 radical (unpaired) electrons. The Morgan fingerprint density at radius 2 is 1.65 bits per heavy atom. The molecule has 0 bridgehead atoms. The minimum Gasteiger partial charge on any atom is -0.468 e. The van der Waals surface area contributed by atoms with E-state index in [0.29, 0.717) is 10.8 Å². The fourth-order valence-corrected chi connectivity index (χ4v) is 3.71. The van der Waals surface area contributed by atoms with Crippen molar-refractivity contribution in [3.63, 3.8) is 0 Å². The molecule has 0 aliphatic heterocycles. The van der Waals surface area contributed by atoms with Gasteiger partial charge in [0.2, 0.25) is 9.84 Å². The summed E-state index contributed by atoms with van der Waals surface area (Å²) in [5.41, 5.74) is 0.881. The first-order valence-corrected chi connectivity index (χ1v) is 8.72. The zero-order chi connectivity index (χ0) is 15.4. The molecule has 110 valence electrons. The Labute approximate surface area is 117 Å². The molecule has 0 atom stereocenters. The first-order valence-electron chi connectivity index (χ1n) is 5.46. The highest BCUT2D eigenvalue weighted by Crippen LogP contribution is 2.13. The maximum atomic E-state index is 11.9. The highest BCUT2D eigenvalue weighted by atomic mass is 32.2. The highest BCUT2D eigenvalue weighted by Gasteiger charge is 2.16. The first-order chi connectivity index (χ1) is 9.16. The standard InChI is InChI=1S/C12H14O6S2/c1-10-3-5-11(6-4-10)20(16,17)8-7-19(14,15)9-12(13)18-2/h3-8H,9H2,1-2H3/b8-7+. The zero-order valence-electron chi connectivity index (χ0n) is 10.9. The maximum absolute atomic E-state index is 11.9. The average Bonchev–Trinajstić information content (AvgIpc) is 2.37. The molecule has 0 amide bonds. The number of benzene rings is 1. The number of hydrogen-bond donors (Lipinski definition) is 0. The van der Waals surface area contributed by atoms with Gasteiger partial charge in [0.1, 0.15) is 0 Å². The average molecular weight is 318 g/mol. The molecule has 0 heterocycles. The summed E-state index contributed by atoms with van der Waals surface area (Å²) >= 11 is 0. The van der Waals surface area contributed by atoms with E-state index in [4.69, 9.17) is 0 Å². The van der Waals surface area contributed by atoms with E-state index in [1.165, 1.54) is 12.1 Å². The predicted molar refractivity (Wildman–Crippen MR) is 73.3 cm³/mol. The molecule has 0 aliphatic rings. The van der Waals surface area contributed by atoms with E-state index < -0.39 is 31.4 Å². The lowest BCUT2D eigenvalue weighted by Gasteiger charge is -2.00. The minimum absolute atomic E-state index is 0.0207. The molecule has 1 aromatic carbocycles. The lowest BCUT2D eigenvalue weighted by Crippen LogP contribution is -2.15. The molecule has 6 nitrogen and oxygen atoms in total. The summed E-state index contributed by atoms with van der Waals surface area (Å²) in [5.74, 6) is -1.86. The van der Waals surface area contributed by atoms with Gasteiger partial charge in [0.05, 0.1) is 12.0 Å². The number of ether oxygens (including phenoxy) is 1. The van der Waals surface area contributed by atoms with Gasteiger partial charge < -0.3 is 4.74 Å². The first kappa shape index (κ1) is 16.4. The molecule has 20 heavy (non-hydrogen) atoms. The van der Waals surface area contributed by atoms with Crippen LogP contribution >= 0.6 is 0 Å². The van der Waals surface area contributed by atoms with Gasteiger partial charge in [-0.15, -0.1) is 0 Å². The number of methoxy groups -OCH3 is 1. The van der Waals surface area contributed by atoms with Crippen LogP contribution in [0.4, 0.5) is 0 Å². The van der Waals surface area contributed by atoms with Crippen LogP contribution in [0.5, 0.6) is 0 Å². The van der Waals surface area contributed by atoms with Crippen LogP contribution in [0, 0.1) is 6.92 Å². The number of carbonyl (C=O) groups is 1. The normalized spacial score (nSPS) is 12.5. The fourth-order valence-electron chi connectivity index (χ4n) is 1.24. The zero-order valence-corrected chi connectivity index (χ0v) is 12.6. The Bertz CT molecular complexity index is 712. The Morgan fingerprint density at radius 1 is 1.10 bits per heavy atom. The molecule has 0 saturated carbocycles. The lowest BCUT2D eigenvalue weighted by molar-refractivity contribution is -0.137. The Hall–Kier alpha value is -1.67. The van der Waals surface area contributed by atoms with Crippen LogP contribution in [0.3, 0.4) is 0 Å². The van der Waals surface area contributed by atoms with Crippen LogP contribution in [-0.2, 0) is 29.2 Å². The molecule has 0 saturated heterocycles. The van der Waals surface area contributed by atoms with E-state index in [0.717, 1.165) is 12.7 Å². The van der Waals surface area contributed by atoms with Crippen molar-refractivity contribution in [3.05, 3.63) is 40.6 Å². The molecule has 8 heteroatoms. The molecule has 0 unspecified atom stereocenters. The predicted octanol–water partition coefficient (Wildman–Crippen LogP) is 0.828. The summed E-state index contributed by atoms with van der Waals surface area (Å²) < 4.78 is 50.9. The Balaban J connectivity index is 2.99. The van der Waals surface area contributed by atoms with Crippen molar-refractivity contribution < 1.29 is 26.4 Å². The van der Waals surface area contributed by atoms with Gasteiger partial charge in [0, 0.05) is 10.8 Å². The second kappa shape index (κ2) is 6.19. The van der Waals surface area contributed by atoms with Crippen molar-refractivity contribution in [2.75, 3.05) is 12.9 Å². The van der Waals surface area contributed by atoms with Gasteiger partial charge in [-0.3, -0.25) is 4.79 Å². The van der Waals surface area contributed by atoms with Crippen LogP contribution < -0.4 is 0 Å². The topological polar surface area (TPSA) is 94.6 Å². The maximum Gasteiger partial charge on any atom is 0.321 e. The number of rotatable bonds is 5. The summed E-state index contributed by atoms with van der Waals surface area (Å²) in [6.45, 7) is 1.80. The monoisotopic (exact) mass is 318 g/mol. The number of aryl methyl sites for hydroxylation is 1. The van der Waals surface area contributed by atoms with Gasteiger partial charge in [0.25, 0.3) is 0 Å². The summed E-state index contributed by atoms with van der Waals surface area (Å²) in [5, 5.41) is 1.06. The van der Waals surface area contributed by atoms with Crippen LogP contribution in [-0.4, -0.2) is 35.7 Å².